The summed E-state index contributed by atoms with van der Waals surface area (Å²) in [7, 11) is 0. The molecule has 6 rings (SSSR count). The van der Waals surface area contributed by atoms with Gasteiger partial charge in [-0.1, -0.05) is 56.6 Å². The van der Waals surface area contributed by atoms with Crippen LogP contribution >= 0.6 is 0 Å². The van der Waals surface area contributed by atoms with Crippen molar-refractivity contribution in [3.63, 3.8) is 0 Å². The maximum Gasteiger partial charge on any atom is 0.306 e. The first-order valence-electron chi connectivity index (χ1n) is 21.8. The average molecular weight is 799 g/mol. The van der Waals surface area contributed by atoms with E-state index in [2.05, 4.69) is 96.6 Å². The van der Waals surface area contributed by atoms with Gasteiger partial charge in [-0.15, -0.1) is 0 Å². The molecule has 0 radical (unpaired) electrons. The molecule has 1 aliphatic carbocycles. The number of aromatic amines is 2. The Morgan fingerprint density at radius 2 is 1.56 bits per heavy atom. The number of ether oxygens (including phenoxy) is 1. The third kappa shape index (κ3) is 9.59. The molecule has 0 amide bonds. The Balaban J connectivity index is 1.35. The monoisotopic (exact) mass is 799 g/mol. The van der Waals surface area contributed by atoms with Gasteiger partial charge in [-0.3, -0.25) is 4.79 Å². The van der Waals surface area contributed by atoms with Crippen LogP contribution in [0.25, 0.3) is 45.2 Å². The molecule has 1 unspecified atom stereocenters. The van der Waals surface area contributed by atoms with Crippen molar-refractivity contribution in [2.24, 2.45) is 5.92 Å². The number of aryl methyl sites for hydroxylation is 1. The van der Waals surface area contributed by atoms with E-state index in [-0.39, 0.29) is 36.6 Å². The van der Waals surface area contributed by atoms with E-state index >= 15 is 0 Å². The number of aromatic nitrogens is 4. The predicted octanol–water partition coefficient (Wildman–Crippen LogP) is 12.9. The Morgan fingerprint density at radius 3 is 2.24 bits per heavy atom. The van der Waals surface area contributed by atoms with Crippen LogP contribution < -0.4 is 0 Å². The molecular formula is C51H66N4O4. The van der Waals surface area contributed by atoms with E-state index in [0.29, 0.717) is 12.3 Å². The molecule has 2 aromatic heterocycles. The van der Waals surface area contributed by atoms with E-state index in [1.807, 2.05) is 25.1 Å². The zero-order valence-corrected chi connectivity index (χ0v) is 37.3. The minimum atomic E-state index is -0.721. The molecule has 0 saturated heterocycles. The van der Waals surface area contributed by atoms with Gasteiger partial charge in [-0.25, -0.2) is 9.97 Å². The quantitative estimate of drug-likeness (QED) is 0.105. The summed E-state index contributed by atoms with van der Waals surface area (Å²) in [5.74, 6) is 0.377. The molecule has 8 heteroatoms. The first-order chi connectivity index (χ1) is 28.1. The summed E-state index contributed by atoms with van der Waals surface area (Å²) < 4.78 is 5.76. The Bertz CT molecular complexity index is 2370. The van der Waals surface area contributed by atoms with E-state index in [0.717, 1.165) is 117 Å². The summed E-state index contributed by atoms with van der Waals surface area (Å²) in [4.78, 5) is 31.1. The molecular weight excluding hydrogens is 733 g/mol. The van der Waals surface area contributed by atoms with Crippen molar-refractivity contribution in [1.82, 2.24) is 19.9 Å². The molecule has 0 fully saturated rings. The topological polar surface area (TPSA) is 124 Å². The summed E-state index contributed by atoms with van der Waals surface area (Å²) in [5, 5.41) is 22.6. The van der Waals surface area contributed by atoms with Gasteiger partial charge in [-0.2, -0.15) is 0 Å². The van der Waals surface area contributed by atoms with Crippen molar-refractivity contribution in [3.8, 4) is 0 Å². The SMILES string of the molecule is CCc1c2c3[nH]c1cc1nc(cc4nc(cc5[nH]c(c3C=C2O)[C@@H](CCC(=O)OC/C=C(\C)CC/C=C(\C)CCC=C(C)C)[C@@H]5C)C(C)=C4C(C)O)C(C)=C1CC(C)C. The van der Waals surface area contributed by atoms with Gasteiger partial charge < -0.3 is 24.9 Å². The van der Waals surface area contributed by atoms with Crippen LogP contribution in [0, 0.1) is 5.92 Å². The van der Waals surface area contributed by atoms with Crippen LogP contribution in [0.5, 0.6) is 0 Å². The number of allylic oxidation sites excluding steroid dienone is 8. The highest BCUT2D eigenvalue weighted by Crippen LogP contribution is 2.47. The van der Waals surface area contributed by atoms with E-state index in [1.165, 1.54) is 22.3 Å². The number of H-pyrrole nitrogens is 2. The second kappa shape index (κ2) is 18.5. The number of hydrogen-bond donors (Lipinski definition) is 4. The Hall–Kier alpha value is -4.95. The second-order valence-electron chi connectivity index (χ2n) is 17.7. The summed E-state index contributed by atoms with van der Waals surface area (Å²) in [6.45, 7) is 23.5. The van der Waals surface area contributed by atoms with Crippen molar-refractivity contribution >= 4 is 51.1 Å². The lowest BCUT2D eigenvalue weighted by molar-refractivity contribution is -0.142. The van der Waals surface area contributed by atoms with Crippen molar-refractivity contribution < 1.29 is 19.7 Å². The van der Waals surface area contributed by atoms with Crippen LogP contribution in [0.15, 0.2) is 53.1 Å². The van der Waals surface area contributed by atoms with Gasteiger partial charge in [0.2, 0.25) is 0 Å². The van der Waals surface area contributed by atoms with Crippen molar-refractivity contribution in [2.75, 3.05) is 6.61 Å². The molecule has 0 aromatic carbocycles. The lowest BCUT2D eigenvalue weighted by Gasteiger charge is -2.17. The maximum atomic E-state index is 13.3. The molecule has 4 aliphatic rings. The smallest absolute Gasteiger partial charge is 0.306 e. The zero-order chi connectivity index (χ0) is 42.7. The van der Waals surface area contributed by atoms with E-state index < -0.39 is 6.10 Å². The first-order valence-corrected chi connectivity index (χ1v) is 21.8. The number of esters is 1. The summed E-state index contributed by atoms with van der Waals surface area (Å²) >= 11 is 0. The fourth-order valence-electron chi connectivity index (χ4n) is 8.99. The highest BCUT2D eigenvalue weighted by Gasteiger charge is 2.34. The summed E-state index contributed by atoms with van der Waals surface area (Å²) in [6, 6.07) is 6.25. The Morgan fingerprint density at radius 1 is 0.881 bits per heavy atom. The fraction of sp³-hybridized carbons (Fsp3) is 0.471. The third-order valence-corrected chi connectivity index (χ3v) is 12.4. The molecule has 3 aliphatic heterocycles. The standard InChI is InChI=1S/C51H66N4O4/c1-12-36-43-27-44-38(23-29(4)5)33(9)40(52-44)26-45-48(35(11)56)34(10)42(53-45)25-41-32(8)37(50(54-41)39-24-46(57)49(36)51(39)55-43)19-20-47(58)59-22-21-31(7)18-14-17-30(6)16-13-15-28(2)3/h15,17,21,24-27,29,32,35,37,54-57H,12-14,16,18-20,22-23H2,1-11H3/b30-17+,31-21+,41-25?,44-27?,45-26?,50-39?/t32-,35?,37-/m0/s1. The molecule has 2 aromatic rings. The molecule has 3 atom stereocenters. The first kappa shape index (κ1) is 43.6. The Labute approximate surface area is 351 Å². The summed E-state index contributed by atoms with van der Waals surface area (Å²) in [5.41, 5.74) is 17.8. The number of carbonyl (C=O) groups excluding carboxylic acids is 1. The third-order valence-electron chi connectivity index (χ3n) is 12.4. The summed E-state index contributed by atoms with van der Waals surface area (Å²) in [6.07, 6.45) is 14.3. The van der Waals surface area contributed by atoms with Crippen LogP contribution in [0.2, 0.25) is 0 Å². The number of nitrogens with zero attached hydrogens (tertiary/aromatic N) is 2. The molecule has 0 spiro atoms. The van der Waals surface area contributed by atoms with Gasteiger partial charge in [-0.05, 0) is 152 Å². The van der Waals surface area contributed by atoms with Crippen molar-refractivity contribution in [3.05, 3.63) is 104 Å². The number of nitrogens with one attached hydrogen (secondary N) is 2. The molecule has 5 heterocycles. The largest absolute Gasteiger partial charge is 0.507 e. The minimum absolute atomic E-state index is 0.00568. The predicted molar refractivity (Wildman–Crippen MR) is 245 cm³/mol. The van der Waals surface area contributed by atoms with Gasteiger partial charge in [0, 0.05) is 51.9 Å². The number of aliphatic hydroxyl groups excluding tert-OH is 2. The van der Waals surface area contributed by atoms with E-state index in [1.54, 1.807) is 6.92 Å². The molecule has 4 N–H and O–H groups in total. The molecule has 314 valence electrons. The average Bonchev–Trinajstić information content (AvgIpc) is 3.93. The zero-order valence-electron chi connectivity index (χ0n) is 37.3. The highest BCUT2D eigenvalue weighted by atomic mass is 16.5. The van der Waals surface area contributed by atoms with Gasteiger partial charge in [0.1, 0.15) is 12.4 Å². The van der Waals surface area contributed by atoms with Crippen molar-refractivity contribution in [1.29, 1.82) is 0 Å². The normalized spacial score (nSPS) is 17.8. The maximum absolute atomic E-state index is 13.3. The number of rotatable bonds is 15. The second-order valence-corrected chi connectivity index (χ2v) is 17.7. The lowest BCUT2D eigenvalue weighted by atomic mass is 9.86. The minimum Gasteiger partial charge on any atom is -0.507 e. The van der Waals surface area contributed by atoms with Gasteiger partial charge in [0.05, 0.1) is 34.4 Å². The van der Waals surface area contributed by atoms with Gasteiger partial charge >= 0.3 is 5.97 Å². The molecule has 0 saturated carbocycles. The highest BCUT2D eigenvalue weighted by molar-refractivity contribution is 6.02. The number of hydrogen-bond acceptors (Lipinski definition) is 6. The number of carbonyl (C=O) groups is 1. The lowest BCUT2D eigenvalue weighted by Crippen LogP contribution is -2.10. The van der Waals surface area contributed by atoms with Crippen LogP contribution in [-0.4, -0.2) is 48.8 Å². The molecule has 59 heavy (non-hydrogen) atoms. The van der Waals surface area contributed by atoms with E-state index in [9.17, 15) is 15.0 Å². The molecule has 8 nitrogen and oxygen atoms in total. The van der Waals surface area contributed by atoms with Gasteiger partial charge in [0.25, 0.3) is 0 Å². The van der Waals surface area contributed by atoms with E-state index in [4.69, 9.17) is 14.7 Å². The van der Waals surface area contributed by atoms with Crippen molar-refractivity contribution in [2.45, 2.75) is 145 Å². The van der Waals surface area contributed by atoms with Gasteiger partial charge in [0.15, 0.2) is 0 Å². The number of aliphatic hydroxyl groups is 2. The van der Waals surface area contributed by atoms with Crippen LogP contribution in [-0.2, 0) is 16.0 Å². The van der Waals surface area contributed by atoms with Crippen LogP contribution in [0.4, 0.5) is 0 Å². The number of fused-ring (bicyclic) bond motifs is 8. The Kier molecular flexibility index (Phi) is 13.7. The van der Waals surface area contributed by atoms with Crippen LogP contribution in [0.3, 0.4) is 0 Å². The fourth-order valence-corrected chi connectivity index (χ4v) is 8.99. The van der Waals surface area contributed by atoms with Crippen LogP contribution in [0.1, 0.15) is 184 Å². The molecule has 8 bridgehead atoms.